The number of benzene rings is 1. The maximum atomic E-state index is 11.9. The smallest absolute Gasteiger partial charge is 0.327 e. The lowest BCUT2D eigenvalue weighted by molar-refractivity contribution is -0.136. The summed E-state index contributed by atoms with van der Waals surface area (Å²) in [7, 11) is 0. The summed E-state index contributed by atoms with van der Waals surface area (Å²) in [6.45, 7) is 3.80. The van der Waals surface area contributed by atoms with Crippen molar-refractivity contribution in [2.24, 2.45) is 0 Å². The van der Waals surface area contributed by atoms with Crippen LogP contribution in [0.4, 0.5) is 0 Å². The SMILES string of the molecule is CCC(C)(I)C(=O)Oc1ccc2c(c1)C(=O)CO2. The average Bonchev–Trinajstić information content (AvgIpc) is 2.71. The molecule has 1 aliphatic heterocycles. The quantitative estimate of drug-likeness (QED) is 0.360. The lowest BCUT2D eigenvalue weighted by Gasteiger charge is -2.18. The number of esters is 1. The number of carbonyl (C=O) groups excluding carboxylic acids is 2. The molecule has 96 valence electrons. The highest BCUT2D eigenvalue weighted by atomic mass is 127. The number of ether oxygens (including phenoxy) is 2. The van der Waals surface area contributed by atoms with E-state index in [2.05, 4.69) is 22.6 Å². The Morgan fingerprint density at radius 2 is 2.28 bits per heavy atom. The van der Waals surface area contributed by atoms with Gasteiger partial charge >= 0.3 is 5.97 Å². The van der Waals surface area contributed by atoms with E-state index in [0.29, 0.717) is 23.5 Å². The van der Waals surface area contributed by atoms with Crippen LogP contribution in [0.25, 0.3) is 0 Å². The lowest BCUT2D eigenvalue weighted by Crippen LogP contribution is -2.31. The summed E-state index contributed by atoms with van der Waals surface area (Å²) < 4.78 is 9.90. The van der Waals surface area contributed by atoms with Gasteiger partial charge < -0.3 is 9.47 Å². The zero-order valence-corrected chi connectivity index (χ0v) is 12.3. The van der Waals surface area contributed by atoms with Gasteiger partial charge in [0, 0.05) is 0 Å². The van der Waals surface area contributed by atoms with Crippen LogP contribution >= 0.6 is 22.6 Å². The first-order valence-corrected chi connectivity index (χ1v) is 6.73. The van der Waals surface area contributed by atoms with Crippen LogP contribution in [-0.2, 0) is 4.79 Å². The Hall–Kier alpha value is -1.11. The number of hydrogen-bond acceptors (Lipinski definition) is 4. The summed E-state index contributed by atoms with van der Waals surface area (Å²) in [5.74, 6) is 0.536. The summed E-state index contributed by atoms with van der Waals surface area (Å²) >= 11 is 2.07. The molecule has 1 unspecified atom stereocenters. The van der Waals surface area contributed by atoms with Crippen molar-refractivity contribution in [2.75, 3.05) is 6.61 Å². The maximum Gasteiger partial charge on any atom is 0.327 e. The zero-order valence-electron chi connectivity index (χ0n) is 10.2. The first-order chi connectivity index (χ1) is 8.44. The number of alkyl halides is 1. The third kappa shape index (κ3) is 2.50. The number of halogens is 1. The summed E-state index contributed by atoms with van der Waals surface area (Å²) in [5, 5.41) is 0. The van der Waals surface area contributed by atoms with Crippen LogP contribution in [0.15, 0.2) is 18.2 Å². The Kier molecular flexibility index (Phi) is 3.61. The van der Waals surface area contributed by atoms with Crippen LogP contribution in [-0.4, -0.2) is 21.8 Å². The molecule has 1 aromatic rings. The molecule has 1 aromatic carbocycles. The van der Waals surface area contributed by atoms with Gasteiger partial charge in [-0.15, -0.1) is 0 Å². The van der Waals surface area contributed by atoms with Gasteiger partial charge in [-0.05, 0) is 31.5 Å². The van der Waals surface area contributed by atoms with E-state index in [1.54, 1.807) is 18.2 Å². The van der Waals surface area contributed by atoms with Crippen molar-refractivity contribution in [1.82, 2.24) is 0 Å². The van der Waals surface area contributed by atoms with E-state index < -0.39 is 3.42 Å². The normalized spacial score (nSPS) is 16.7. The average molecular weight is 360 g/mol. The molecule has 1 atom stereocenters. The third-order valence-electron chi connectivity index (χ3n) is 2.91. The van der Waals surface area contributed by atoms with Gasteiger partial charge in [-0.25, -0.2) is 0 Å². The summed E-state index contributed by atoms with van der Waals surface area (Å²) in [5.41, 5.74) is 0.479. The molecule has 0 saturated heterocycles. The fourth-order valence-corrected chi connectivity index (χ4v) is 1.61. The van der Waals surface area contributed by atoms with E-state index >= 15 is 0 Å². The van der Waals surface area contributed by atoms with E-state index in [-0.39, 0.29) is 18.4 Å². The Morgan fingerprint density at radius 1 is 1.56 bits per heavy atom. The molecule has 0 fully saturated rings. The van der Waals surface area contributed by atoms with Gasteiger partial charge in [0.05, 0.1) is 5.56 Å². The van der Waals surface area contributed by atoms with Crippen LogP contribution in [0.2, 0.25) is 0 Å². The molecule has 0 N–H and O–H groups in total. The van der Waals surface area contributed by atoms with Gasteiger partial charge in [-0.2, -0.15) is 0 Å². The van der Waals surface area contributed by atoms with Gasteiger partial charge in [0.2, 0.25) is 5.78 Å². The monoisotopic (exact) mass is 360 g/mol. The fraction of sp³-hybridized carbons (Fsp3) is 0.385. The van der Waals surface area contributed by atoms with Crippen LogP contribution in [0, 0.1) is 0 Å². The number of hydrogen-bond donors (Lipinski definition) is 0. The Labute approximate surface area is 119 Å². The van der Waals surface area contributed by atoms with Gasteiger partial charge in [-0.3, -0.25) is 9.59 Å². The van der Waals surface area contributed by atoms with E-state index in [1.807, 2.05) is 13.8 Å². The third-order valence-corrected chi connectivity index (χ3v) is 4.11. The van der Waals surface area contributed by atoms with E-state index in [9.17, 15) is 9.59 Å². The number of ketones is 1. The van der Waals surface area contributed by atoms with Gasteiger partial charge in [0.15, 0.2) is 6.61 Å². The Balaban J connectivity index is 2.19. The molecule has 0 saturated carbocycles. The van der Waals surface area contributed by atoms with Crippen molar-refractivity contribution in [3.05, 3.63) is 23.8 Å². The van der Waals surface area contributed by atoms with E-state index in [0.717, 1.165) is 0 Å². The van der Waals surface area contributed by atoms with Crippen molar-refractivity contribution in [2.45, 2.75) is 23.7 Å². The van der Waals surface area contributed by atoms with Crippen LogP contribution in [0.1, 0.15) is 30.6 Å². The standard InChI is InChI=1S/C13H13IO4/c1-3-13(2,14)12(16)18-8-4-5-11-9(6-8)10(15)7-17-11/h4-6H,3,7H2,1-2H3. The van der Waals surface area contributed by atoms with Crippen molar-refractivity contribution in [3.63, 3.8) is 0 Å². The number of rotatable bonds is 3. The topological polar surface area (TPSA) is 52.6 Å². The second kappa shape index (κ2) is 4.87. The molecule has 2 rings (SSSR count). The Morgan fingerprint density at radius 3 is 2.94 bits per heavy atom. The highest BCUT2D eigenvalue weighted by molar-refractivity contribution is 14.1. The Bertz CT molecular complexity index is 508. The number of fused-ring (bicyclic) bond motifs is 1. The minimum atomic E-state index is -0.558. The summed E-state index contributed by atoms with van der Waals surface area (Å²) in [4.78, 5) is 23.4. The molecule has 0 spiro atoms. The second-order valence-electron chi connectivity index (χ2n) is 4.31. The molecular weight excluding hydrogens is 347 g/mol. The molecular formula is C13H13IO4. The first-order valence-electron chi connectivity index (χ1n) is 5.65. The molecule has 1 heterocycles. The van der Waals surface area contributed by atoms with Crippen LogP contribution < -0.4 is 9.47 Å². The van der Waals surface area contributed by atoms with Crippen LogP contribution in [0.3, 0.4) is 0 Å². The second-order valence-corrected chi connectivity index (χ2v) is 6.69. The minimum Gasteiger partial charge on any atom is -0.485 e. The maximum absolute atomic E-state index is 11.9. The zero-order chi connectivity index (χ0) is 13.3. The molecule has 18 heavy (non-hydrogen) atoms. The van der Waals surface area contributed by atoms with Crippen molar-refractivity contribution >= 4 is 34.3 Å². The van der Waals surface area contributed by atoms with Gasteiger partial charge in [0.1, 0.15) is 14.9 Å². The highest BCUT2D eigenvalue weighted by Gasteiger charge is 2.30. The van der Waals surface area contributed by atoms with Gasteiger partial charge in [-0.1, -0.05) is 29.5 Å². The number of Topliss-reactive ketones (excluding diaryl/α,β-unsaturated/α-hetero) is 1. The molecule has 0 aliphatic carbocycles. The van der Waals surface area contributed by atoms with Gasteiger partial charge in [0.25, 0.3) is 0 Å². The number of carbonyl (C=O) groups is 2. The molecule has 0 aromatic heterocycles. The largest absolute Gasteiger partial charge is 0.485 e. The minimum absolute atomic E-state index is 0.0612. The summed E-state index contributed by atoms with van der Waals surface area (Å²) in [6.07, 6.45) is 0.680. The fourth-order valence-electron chi connectivity index (χ4n) is 1.50. The first kappa shape index (κ1) is 13.3. The predicted molar refractivity (Wildman–Crippen MR) is 74.6 cm³/mol. The molecule has 0 radical (unpaired) electrons. The lowest BCUT2D eigenvalue weighted by atomic mass is 10.1. The van der Waals surface area contributed by atoms with E-state index in [4.69, 9.17) is 9.47 Å². The van der Waals surface area contributed by atoms with E-state index in [1.165, 1.54) is 0 Å². The highest BCUT2D eigenvalue weighted by Crippen LogP contribution is 2.31. The molecule has 4 nitrogen and oxygen atoms in total. The molecule has 5 heteroatoms. The summed E-state index contributed by atoms with van der Waals surface area (Å²) in [6, 6.07) is 4.85. The van der Waals surface area contributed by atoms with Crippen molar-refractivity contribution in [3.8, 4) is 11.5 Å². The molecule has 0 amide bonds. The van der Waals surface area contributed by atoms with Crippen molar-refractivity contribution < 1.29 is 19.1 Å². The molecule has 0 bridgehead atoms. The molecule has 1 aliphatic rings. The van der Waals surface area contributed by atoms with Crippen molar-refractivity contribution in [1.29, 1.82) is 0 Å². The van der Waals surface area contributed by atoms with Crippen LogP contribution in [0.5, 0.6) is 11.5 Å². The predicted octanol–water partition coefficient (Wildman–Crippen LogP) is 2.77.